The maximum Gasteiger partial charge on any atom is 0.411 e. The molecule has 2 aromatic rings. The van der Waals surface area contributed by atoms with E-state index in [4.69, 9.17) is 10.5 Å². The third-order valence-corrected chi connectivity index (χ3v) is 7.37. The van der Waals surface area contributed by atoms with E-state index < -0.39 is 5.60 Å². The van der Waals surface area contributed by atoms with Crippen LogP contribution in [0.3, 0.4) is 0 Å². The Kier molecular flexibility index (Phi) is 6.00. The van der Waals surface area contributed by atoms with Gasteiger partial charge in [0.15, 0.2) is 5.60 Å². The quantitative estimate of drug-likeness (QED) is 0.731. The van der Waals surface area contributed by atoms with Crippen LogP contribution in [0, 0.1) is 5.92 Å². The van der Waals surface area contributed by atoms with Crippen LogP contribution < -0.4 is 5.73 Å². The summed E-state index contributed by atoms with van der Waals surface area (Å²) in [5.41, 5.74) is 6.13. The molecule has 8 nitrogen and oxygen atoms in total. The molecule has 8 heteroatoms. The summed E-state index contributed by atoms with van der Waals surface area (Å²) in [5.74, 6) is -0.311. The van der Waals surface area contributed by atoms with Gasteiger partial charge in [-0.25, -0.2) is 4.79 Å². The number of likely N-dealkylation sites (tertiary alicyclic amines) is 1. The molecule has 3 aliphatic heterocycles. The molecule has 2 aromatic carbocycles. The van der Waals surface area contributed by atoms with Gasteiger partial charge >= 0.3 is 6.09 Å². The van der Waals surface area contributed by atoms with Gasteiger partial charge in [0.25, 0.3) is 0 Å². The Morgan fingerprint density at radius 3 is 2.06 bits per heavy atom. The first kappa shape index (κ1) is 22.4. The van der Waals surface area contributed by atoms with Crippen molar-refractivity contribution in [3.63, 3.8) is 0 Å². The van der Waals surface area contributed by atoms with E-state index in [0.29, 0.717) is 45.6 Å². The number of hydrogen-bond donors (Lipinski definition) is 1. The highest BCUT2D eigenvalue weighted by Crippen LogP contribution is 2.46. The Balaban J connectivity index is 1.41. The van der Waals surface area contributed by atoms with E-state index in [2.05, 4.69) is 0 Å². The monoisotopic (exact) mass is 462 g/mol. The molecule has 3 saturated heterocycles. The van der Waals surface area contributed by atoms with E-state index in [1.165, 1.54) is 0 Å². The number of carbonyl (C=O) groups excluding carboxylic acids is 3. The number of fused-ring (bicyclic) bond motifs is 1. The third kappa shape index (κ3) is 3.92. The first-order chi connectivity index (χ1) is 16.5. The molecule has 3 aliphatic rings. The van der Waals surface area contributed by atoms with Crippen LogP contribution in [-0.2, 0) is 19.9 Å². The van der Waals surface area contributed by atoms with Gasteiger partial charge in [0.05, 0.1) is 6.54 Å². The average molecular weight is 463 g/mol. The van der Waals surface area contributed by atoms with Crippen molar-refractivity contribution in [2.75, 3.05) is 39.3 Å². The summed E-state index contributed by atoms with van der Waals surface area (Å²) in [7, 11) is 0. The summed E-state index contributed by atoms with van der Waals surface area (Å²) in [6, 6.07) is 19.3. The van der Waals surface area contributed by atoms with E-state index in [0.717, 1.165) is 11.1 Å². The fourth-order valence-corrected chi connectivity index (χ4v) is 5.67. The van der Waals surface area contributed by atoms with E-state index in [9.17, 15) is 14.4 Å². The van der Waals surface area contributed by atoms with Crippen LogP contribution in [0.5, 0.6) is 0 Å². The topological polar surface area (TPSA) is 96.2 Å². The Labute approximate surface area is 199 Å². The van der Waals surface area contributed by atoms with Gasteiger partial charge in [-0.2, -0.15) is 0 Å². The molecule has 0 saturated carbocycles. The van der Waals surface area contributed by atoms with E-state index >= 15 is 0 Å². The predicted molar refractivity (Wildman–Crippen MR) is 126 cm³/mol. The fraction of sp³-hybridized carbons (Fsp3) is 0.423. The molecule has 0 aliphatic carbocycles. The molecule has 34 heavy (non-hydrogen) atoms. The highest BCUT2D eigenvalue weighted by atomic mass is 16.6. The first-order valence-electron chi connectivity index (χ1n) is 11.9. The number of nitrogens with zero attached hydrogens (tertiary/aromatic N) is 3. The molecule has 5 rings (SSSR count). The van der Waals surface area contributed by atoms with Gasteiger partial charge < -0.3 is 15.4 Å². The lowest BCUT2D eigenvalue weighted by Crippen LogP contribution is -2.59. The Hall–Kier alpha value is -3.39. The minimum atomic E-state index is -0.983. The molecule has 3 heterocycles. The molecule has 2 N–H and O–H groups in total. The molecular weight excluding hydrogens is 432 g/mol. The average Bonchev–Trinajstić information content (AvgIpc) is 3.17. The van der Waals surface area contributed by atoms with Crippen molar-refractivity contribution in [2.45, 2.75) is 24.5 Å². The number of benzene rings is 2. The Morgan fingerprint density at radius 1 is 0.912 bits per heavy atom. The van der Waals surface area contributed by atoms with Gasteiger partial charge in [0, 0.05) is 36.7 Å². The fourth-order valence-electron chi connectivity index (χ4n) is 5.67. The molecule has 3 fully saturated rings. The summed E-state index contributed by atoms with van der Waals surface area (Å²) < 4.78 is 6.19. The van der Waals surface area contributed by atoms with Gasteiger partial charge in [-0.05, 0) is 25.9 Å². The molecular formula is C26H30N4O4. The number of hydrogen-bond acceptors (Lipinski definition) is 5. The molecule has 0 aromatic heterocycles. The molecule has 1 unspecified atom stereocenters. The zero-order valence-corrected chi connectivity index (χ0v) is 19.1. The maximum absolute atomic E-state index is 13.5. The largest absolute Gasteiger partial charge is 0.431 e. The van der Waals surface area contributed by atoms with E-state index in [1.807, 2.05) is 70.5 Å². The smallest absolute Gasteiger partial charge is 0.411 e. The summed E-state index contributed by atoms with van der Waals surface area (Å²) in [5, 5.41) is 0. The zero-order valence-electron chi connectivity index (χ0n) is 19.1. The number of piperidine rings is 1. The standard InChI is InChI=1S/C26H30N4O4/c27-23(31)18-28-13-11-19(12-14-28)24(32)29-15-16-30-22(17-29)26(34-25(30)33,20-7-3-1-4-8-20)21-9-5-2-6-10-21/h1-10,19,22H,11-18H2,(H2,27,31). The van der Waals surface area contributed by atoms with Gasteiger partial charge in [-0.15, -0.1) is 0 Å². The van der Waals surface area contributed by atoms with Gasteiger partial charge in [-0.1, -0.05) is 60.7 Å². The summed E-state index contributed by atoms with van der Waals surface area (Å²) in [6.07, 6.45) is 1.06. The molecule has 0 bridgehead atoms. The SMILES string of the molecule is NC(=O)CN1CCC(C(=O)N2CCN3C(=O)OC(c4ccccc4)(c4ccccc4)C3C2)CC1. The van der Waals surface area contributed by atoms with Crippen molar-refractivity contribution in [2.24, 2.45) is 11.7 Å². The van der Waals surface area contributed by atoms with Gasteiger partial charge in [0.2, 0.25) is 11.8 Å². The minimum Gasteiger partial charge on any atom is -0.431 e. The molecule has 0 radical (unpaired) electrons. The number of carbonyl (C=O) groups is 3. The Morgan fingerprint density at radius 2 is 1.50 bits per heavy atom. The second kappa shape index (κ2) is 9.10. The lowest BCUT2D eigenvalue weighted by molar-refractivity contribution is -0.140. The second-order valence-electron chi connectivity index (χ2n) is 9.35. The predicted octanol–water partition coefficient (Wildman–Crippen LogP) is 1.79. The highest BCUT2D eigenvalue weighted by molar-refractivity contribution is 5.81. The third-order valence-electron chi connectivity index (χ3n) is 7.37. The van der Waals surface area contributed by atoms with Crippen LogP contribution in [0.25, 0.3) is 0 Å². The Bertz CT molecular complexity index is 1010. The summed E-state index contributed by atoms with van der Waals surface area (Å²) in [6.45, 7) is 2.95. The number of cyclic esters (lactones) is 1. The maximum atomic E-state index is 13.5. The first-order valence-corrected chi connectivity index (χ1v) is 11.9. The normalized spacial score (nSPS) is 22.8. The zero-order chi connectivity index (χ0) is 23.7. The number of primary amides is 1. The van der Waals surface area contributed by atoms with Crippen LogP contribution in [0.15, 0.2) is 60.7 Å². The van der Waals surface area contributed by atoms with Crippen molar-refractivity contribution in [1.29, 1.82) is 0 Å². The van der Waals surface area contributed by atoms with Crippen molar-refractivity contribution in [1.82, 2.24) is 14.7 Å². The number of nitrogens with two attached hydrogens (primary N) is 1. The van der Waals surface area contributed by atoms with Crippen LogP contribution in [0.1, 0.15) is 24.0 Å². The van der Waals surface area contributed by atoms with Crippen molar-refractivity contribution in [3.05, 3.63) is 71.8 Å². The summed E-state index contributed by atoms with van der Waals surface area (Å²) in [4.78, 5) is 43.4. The second-order valence-corrected chi connectivity index (χ2v) is 9.35. The van der Waals surface area contributed by atoms with E-state index in [1.54, 1.807) is 4.90 Å². The van der Waals surface area contributed by atoms with Gasteiger partial charge in [-0.3, -0.25) is 19.4 Å². The number of amides is 3. The summed E-state index contributed by atoms with van der Waals surface area (Å²) >= 11 is 0. The highest BCUT2D eigenvalue weighted by Gasteiger charge is 2.58. The number of ether oxygens (including phenoxy) is 1. The van der Waals surface area contributed by atoms with Crippen LogP contribution in [0.2, 0.25) is 0 Å². The van der Waals surface area contributed by atoms with E-state index in [-0.39, 0.29) is 36.4 Å². The number of rotatable bonds is 5. The molecule has 1 atom stereocenters. The molecule has 0 spiro atoms. The lowest BCUT2D eigenvalue weighted by atomic mass is 9.79. The molecule has 3 amide bonds. The lowest BCUT2D eigenvalue weighted by Gasteiger charge is -2.43. The minimum absolute atomic E-state index is 0.0865. The van der Waals surface area contributed by atoms with Crippen molar-refractivity contribution < 1.29 is 19.1 Å². The van der Waals surface area contributed by atoms with Crippen LogP contribution in [-0.4, -0.2) is 77.9 Å². The molecule has 178 valence electrons. The van der Waals surface area contributed by atoms with Gasteiger partial charge in [0.1, 0.15) is 6.04 Å². The number of piperazine rings is 1. The van der Waals surface area contributed by atoms with Crippen molar-refractivity contribution >= 4 is 17.9 Å². The van der Waals surface area contributed by atoms with Crippen LogP contribution >= 0.6 is 0 Å². The van der Waals surface area contributed by atoms with Crippen molar-refractivity contribution in [3.8, 4) is 0 Å². The van der Waals surface area contributed by atoms with Crippen LogP contribution in [0.4, 0.5) is 4.79 Å².